The van der Waals surface area contributed by atoms with Crippen molar-refractivity contribution in [3.63, 3.8) is 0 Å². The Labute approximate surface area is 129 Å². The Balaban J connectivity index is 1.96. The summed E-state index contributed by atoms with van der Waals surface area (Å²) in [6, 6.07) is 5.46. The fourth-order valence-electron chi connectivity index (χ4n) is 1.90. The number of halogens is 2. The Bertz CT molecular complexity index is 711. The normalized spacial score (nSPS) is 10.6. The van der Waals surface area contributed by atoms with Gasteiger partial charge in [-0.2, -0.15) is 0 Å². The molecule has 0 radical (unpaired) electrons. The van der Waals surface area contributed by atoms with Gasteiger partial charge in [0.05, 0.1) is 12.0 Å². The molecule has 0 amide bonds. The largest absolute Gasteiger partial charge is 0.298 e. The highest BCUT2D eigenvalue weighted by Crippen LogP contribution is 2.09. The van der Waals surface area contributed by atoms with E-state index in [1.165, 1.54) is 35.2 Å². The molecule has 0 saturated heterocycles. The molecule has 0 spiro atoms. The molecule has 6 heteroatoms. The van der Waals surface area contributed by atoms with Gasteiger partial charge in [0.15, 0.2) is 5.78 Å². The molecule has 0 unspecified atom stereocenters. The van der Waals surface area contributed by atoms with Crippen LogP contribution in [0.5, 0.6) is 0 Å². The van der Waals surface area contributed by atoms with Crippen LogP contribution in [-0.4, -0.2) is 15.3 Å². The van der Waals surface area contributed by atoms with Gasteiger partial charge >= 0.3 is 0 Å². The Hall–Kier alpha value is -1.82. The molecule has 1 aromatic heterocycles. The molecular weight excluding hydrogens is 339 g/mol. The molecule has 2 rings (SSSR count). The summed E-state index contributed by atoms with van der Waals surface area (Å²) in [5.74, 6) is -0.434. The number of aryl methyl sites for hydroxylation is 2. The van der Waals surface area contributed by atoms with Gasteiger partial charge in [0, 0.05) is 18.5 Å². The van der Waals surface area contributed by atoms with E-state index in [-0.39, 0.29) is 17.2 Å². The van der Waals surface area contributed by atoms with Crippen LogP contribution in [0.4, 0.5) is 4.39 Å². The predicted molar refractivity (Wildman–Crippen MR) is 80.9 cm³/mol. The summed E-state index contributed by atoms with van der Waals surface area (Å²) in [5.41, 5.74) is 0.960. The first-order valence-corrected chi connectivity index (χ1v) is 7.28. The molecule has 110 valence electrons. The minimum Gasteiger partial charge on any atom is -0.298 e. The molecule has 0 aliphatic rings. The summed E-state index contributed by atoms with van der Waals surface area (Å²) >= 11 is 3.20. The molecule has 0 N–H and O–H groups in total. The number of benzene rings is 1. The Morgan fingerprint density at radius 3 is 2.67 bits per heavy atom. The van der Waals surface area contributed by atoms with Gasteiger partial charge in [-0.15, -0.1) is 0 Å². The van der Waals surface area contributed by atoms with Crippen molar-refractivity contribution in [2.45, 2.75) is 26.3 Å². The summed E-state index contributed by atoms with van der Waals surface area (Å²) in [5, 5.41) is 0. The van der Waals surface area contributed by atoms with Gasteiger partial charge in [-0.3, -0.25) is 14.2 Å². The maximum atomic E-state index is 12.8. The van der Waals surface area contributed by atoms with Crippen LogP contribution in [0.1, 0.15) is 28.9 Å². The second kappa shape index (κ2) is 6.76. The van der Waals surface area contributed by atoms with E-state index in [0.29, 0.717) is 35.1 Å². The van der Waals surface area contributed by atoms with Crippen LogP contribution < -0.4 is 5.56 Å². The second-order valence-electron chi connectivity index (χ2n) is 4.68. The molecule has 21 heavy (non-hydrogen) atoms. The number of Topliss-reactive ketones (excluding diaryl/α,β-unsaturated/α-hetero) is 1. The average Bonchev–Trinajstić information content (AvgIpc) is 2.48. The molecule has 0 aliphatic heterocycles. The number of aromatic nitrogens is 2. The number of hydrogen-bond acceptors (Lipinski definition) is 3. The second-order valence-corrected chi connectivity index (χ2v) is 5.47. The van der Waals surface area contributed by atoms with Crippen LogP contribution in [0.2, 0.25) is 0 Å². The molecule has 0 aliphatic carbocycles. The molecule has 2 aromatic rings. The lowest BCUT2D eigenvalue weighted by molar-refractivity contribution is 0.0978. The van der Waals surface area contributed by atoms with Crippen LogP contribution in [0, 0.1) is 12.7 Å². The fraction of sp³-hybridized carbons (Fsp3) is 0.267. The molecule has 0 atom stereocenters. The van der Waals surface area contributed by atoms with E-state index in [1.807, 2.05) is 0 Å². The standard InChI is InChI=1S/C15H14BrFN2O2/c1-10-14(16)15(21)19(9-18-10)8-2-3-13(20)11-4-6-12(17)7-5-11/h4-7,9H,2-3,8H2,1H3. The first kappa shape index (κ1) is 15.6. The van der Waals surface area contributed by atoms with E-state index < -0.39 is 0 Å². The number of nitrogens with zero attached hydrogens (tertiary/aromatic N) is 2. The zero-order valence-corrected chi connectivity index (χ0v) is 13.1. The third kappa shape index (κ3) is 3.85. The van der Waals surface area contributed by atoms with Gasteiger partial charge < -0.3 is 0 Å². The highest BCUT2D eigenvalue weighted by Gasteiger charge is 2.08. The minimum atomic E-state index is -0.367. The zero-order valence-electron chi connectivity index (χ0n) is 11.5. The Morgan fingerprint density at radius 1 is 1.33 bits per heavy atom. The predicted octanol–water partition coefficient (Wildman–Crippen LogP) is 3.12. The molecular formula is C15H14BrFN2O2. The van der Waals surface area contributed by atoms with Crippen LogP contribution >= 0.6 is 15.9 Å². The monoisotopic (exact) mass is 352 g/mol. The van der Waals surface area contributed by atoms with Gasteiger partial charge in [0.1, 0.15) is 10.3 Å². The first-order chi connectivity index (χ1) is 9.99. The SMILES string of the molecule is Cc1ncn(CCCC(=O)c2ccc(F)cc2)c(=O)c1Br. The highest BCUT2D eigenvalue weighted by molar-refractivity contribution is 9.10. The lowest BCUT2D eigenvalue weighted by atomic mass is 10.1. The smallest absolute Gasteiger partial charge is 0.267 e. The van der Waals surface area contributed by atoms with E-state index in [9.17, 15) is 14.0 Å². The number of carbonyl (C=O) groups is 1. The summed E-state index contributed by atoms with van der Waals surface area (Å²) in [4.78, 5) is 27.9. The van der Waals surface area contributed by atoms with E-state index >= 15 is 0 Å². The van der Waals surface area contributed by atoms with Crippen molar-refractivity contribution in [2.24, 2.45) is 0 Å². The fourth-order valence-corrected chi connectivity index (χ4v) is 2.23. The van der Waals surface area contributed by atoms with E-state index in [0.717, 1.165) is 0 Å². The van der Waals surface area contributed by atoms with Crippen LogP contribution in [-0.2, 0) is 6.54 Å². The van der Waals surface area contributed by atoms with Crippen molar-refractivity contribution in [1.29, 1.82) is 0 Å². The Morgan fingerprint density at radius 2 is 2.00 bits per heavy atom. The van der Waals surface area contributed by atoms with Crippen LogP contribution in [0.15, 0.2) is 39.9 Å². The quantitative estimate of drug-likeness (QED) is 0.776. The van der Waals surface area contributed by atoms with Crippen molar-refractivity contribution in [1.82, 2.24) is 9.55 Å². The van der Waals surface area contributed by atoms with Gasteiger partial charge in [-0.1, -0.05) is 0 Å². The summed E-state index contributed by atoms with van der Waals surface area (Å²) < 4.78 is 14.7. The summed E-state index contributed by atoms with van der Waals surface area (Å²) in [7, 11) is 0. The number of hydrogen-bond donors (Lipinski definition) is 0. The van der Waals surface area contributed by atoms with Crippen molar-refractivity contribution in [3.05, 3.63) is 62.5 Å². The lowest BCUT2D eigenvalue weighted by Gasteiger charge is -2.06. The van der Waals surface area contributed by atoms with E-state index in [1.54, 1.807) is 6.92 Å². The minimum absolute atomic E-state index is 0.0674. The van der Waals surface area contributed by atoms with Crippen molar-refractivity contribution < 1.29 is 9.18 Å². The number of rotatable bonds is 5. The first-order valence-electron chi connectivity index (χ1n) is 6.49. The lowest BCUT2D eigenvalue weighted by Crippen LogP contribution is -2.22. The van der Waals surface area contributed by atoms with Crippen molar-refractivity contribution >= 4 is 21.7 Å². The average molecular weight is 353 g/mol. The van der Waals surface area contributed by atoms with Crippen LogP contribution in [0.3, 0.4) is 0 Å². The van der Waals surface area contributed by atoms with Crippen LogP contribution in [0.25, 0.3) is 0 Å². The third-order valence-corrected chi connectivity index (χ3v) is 4.04. The third-order valence-electron chi connectivity index (χ3n) is 3.13. The molecule has 1 aromatic carbocycles. The van der Waals surface area contributed by atoms with Gasteiger partial charge in [0.2, 0.25) is 0 Å². The number of carbonyl (C=O) groups excluding carboxylic acids is 1. The molecule has 1 heterocycles. The van der Waals surface area contributed by atoms with Crippen molar-refractivity contribution in [2.75, 3.05) is 0 Å². The molecule has 0 bridgehead atoms. The number of ketones is 1. The molecule has 0 saturated carbocycles. The van der Waals surface area contributed by atoms with Gasteiger partial charge in [0.25, 0.3) is 5.56 Å². The van der Waals surface area contributed by atoms with Crippen molar-refractivity contribution in [3.8, 4) is 0 Å². The topological polar surface area (TPSA) is 52.0 Å². The van der Waals surface area contributed by atoms with E-state index in [4.69, 9.17) is 0 Å². The summed E-state index contributed by atoms with van der Waals surface area (Å²) in [6.07, 6.45) is 2.29. The van der Waals surface area contributed by atoms with E-state index in [2.05, 4.69) is 20.9 Å². The van der Waals surface area contributed by atoms with Gasteiger partial charge in [-0.25, -0.2) is 9.37 Å². The van der Waals surface area contributed by atoms with Gasteiger partial charge in [-0.05, 0) is 53.5 Å². The molecule has 4 nitrogen and oxygen atoms in total. The maximum absolute atomic E-state index is 12.8. The highest BCUT2D eigenvalue weighted by atomic mass is 79.9. The Kier molecular flexibility index (Phi) is 5.01. The maximum Gasteiger partial charge on any atom is 0.267 e. The zero-order chi connectivity index (χ0) is 15.4. The molecule has 0 fully saturated rings. The summed E-state index contributed by atoms with van der Waals surface area (Å²) in [6.45, 7) is 2.16.